The molecule has 0 radical (unpaired) electrons. The van der Waals surface area contributed by atoms with Crippen molar-refractivity contribution in [3.8, 4) is 0 Å². The van der Waals surface area contributed by atoms with Crippen LogP contribution in [0.5, 0.6) is 0 Å². The molecule has 3 nitrogen and oxygen atoms in total. The van der Waals surface area contributed by atoms with Crippen LogP contribution in [0.1, 0.15) is 5.56 Å². The minimum Gasteiger partial charge on any atom is -0.361 e. The van der Waals surface area contributed by atoms with Crippen LogP contribution in [-0.4, -0.2) is 16.6 Å². The Morgan fingerprint density at radius 1 is 1.00 bits per heavy atom. The van der Waals surface area contributed by atoms with Gasteiger partial charge in [-0.3, -0.25) is 9.59 Å². The van der Waals surface area contributed by atoms with Gasteiger partial charge in [0.1, 0.15) is 0 Å². The van der Waals surface area contributed by atoms with Gasteiger partial charge >= 0.3 is 0 Å². The van der Waals surface area contributed by atoms with Crippen LogP contribution in [0.4, 0.5) is 0 Å². The first-order valence-corrected chi connectivity index (χ1v) is 5.30. The molecule has 1 N–H and O–H groups in total. The van der Waals surface area contributed by atoms with Gasteiger partial charge in [-0.05, 0) is 24.3 Å². The third kappa shape index (κ3) is 1.52. The molecule has 1 heterocycles. The van der Waals surface area contributed by atoms with Crippen molar-refractivity contribution in [2.45, 2.75) is 0 Å². The van der Waals surface area contributed by atoms with E-state index in [0.29, 0.717) is 5.57 Å². The van der Waals surface area contributed by atoms with Gasteiger partial charge in [-0.25, -0.2) is 0 Å². The minimum atomic E-state index is -0.148. The van der Waals surface area contributed by atoms with Gasteiger partial charge in [-0.2, -0.15) is 0 Å². The fourth-order valence-corrected chi connectivity index (χ4v) is 2.01. The molecular weight excluding hydrogens is 214 g/mol. The molecule has 0 atom stereocenters. The highest BCUT2D eigenvalue weighted by atomic mass is 16.1. The number of carbonyl (C=O) groups excluding carboxylic acids is 2. The molecule has 3 heteroatoms. The first kappa shape index (κ1) is 9.78. The van der Waals surface area contributed by atoms with Crippen LogP contribution in [0.2, 0.25) is 0 Å². The Bertz CT molecular complexity index is 689. The summed E-state index contributed by atoms with van der Waals surface area (Å²) in [5.74, 6) is -0.278. The molecule has 1 aromatic carbocycles. The number of carbonyl (C=O) groups is 2. The van der Waals surface area contributed by atoms with Gasteiger partial charge in [0.05, 0.1) is 0 Å². The SMILES string of the molecule is O=C1C=CC(=O)C(c2c[nH]c3ccccc23)=C1. The number of benzene rings is 1. The van der Waals surface area contributed by atoms with E-state index in [-0.39, 0.29) is 11.6 Å². The molecule has 2 aromatic rings. The van der Waals surface area contributed by atoms with Crippen LogP contribution in [0.3, 0.4) is 0 Å². The van der Waals surface area contributed by atoms with Crippen LogP contribution in [-0.2, 0) is 9.59 Å². The van der Waals surface area contributed by atoms with Crippen LogP contribution in [0.15, 0.2) is 48.7 Å². The molecule has 0 saturated heterocycles. The quantitative estimate of drug-likeness (QED) is 0.754. The zero-order valence-electron chi connectivity index (χ0n) is 8.94. The van der Waals surface area contributed by atoms with Gasteiger partial charge in [-0.1, -0.05) is 18.2 Å². The zero-order chi connectivity index (χ0) is 11.8. The summed E-state index contributed by atoms with van der Waals surface area (Å²) in [5, 5.41) is 0.954. The van der Waals surface area contributed by atoms with Crippen molar-refractivity contribution < 1.29 is 9.59 Å². The van der Waals surface area contributed by atoms with E-state index < -0.39 is 0 Å². The smallest absolute Gasteiger partial charge is 0.186 e. The fourth-order valence-electron chi connectivity index (χ4n) is 2.01. The van der Waals surface area contributed by atoms with E-state index in [1.54, 1.807) is 6.20 Å². The lowest BCUT2D eigenvalue weighted by Gasteiger charge is -2.05. The van der Waals surface area contributed by atoms with Crippen molar-refractivity contribution in [1.82, 2.24) is 4.98 Å². The van der Waals surface area contributed by atoms with Gasteiger partial charge in [0.15, 0.2) is 11.6 Å². The lowest BCUT2D eigenvalue weighted by molar-refractivity contribution is -0.113. The Kier molecular flexibility index (Phi) is 2.05. The lowest BCUT2D eigenvalue weighted by atomic mass is 9.96. The van der Waals surface area contributed by atoms with Gasteiger partial charge < -0.3 is 4.98 Å². The topological polar surface area (TPSA) is 49.9 Å². The highest BCUT2D eigenvalue weighted by Gasteiger charge is 2.17. The standard InChI is InChI=1S/C14H9NO2/c16-9-5-6-14(17)11(7-9)12-8-15-13-4-2-1-3-10(12)13/h1-8,15H. The zero-order valence-corrected chi connectivity index (χ0v) is 8.94. The first-order chi connectivity index (χ1) is 8.25. The average Bonchev–Trinajstić information content (AvgIpc) is 2.76. The number of rotatable bonds is 1. The number of para-hydroxylation sites is 1. The van der Waals surface area contributed by atoms with E-state index in [2.05, 4.69) is 4.98 Å². The van der Waals surface area contributed by atoms with E-state index in [1.165, 1.54) is 18.2 Å². The molecular formula is C14H9NO2. The lowest BCUT2D eigenvalue weighted by Crippen LogP contribution is -2.06. The minimum absolute atomic E-state index is 0.130. The Morgan fingerprint density at radius 3 is 2.71 bits per heavy atom. The van der Waals surface area contributed by atoms with E-state index in [4.69, 9.17) is 0 Å². The summed E-state index contributed by atoms with van der Waals surface area (Å²) in [6.45, 7) is 0. The molecule has 0 amide bonds. The maximum Gasteiger partial charge on any atom is 0.186 e. The van der Waals surface area contributed by atoms with Crippen LogP contribution >= 0.6 is 0 Å². The maximum absolute atomic E-state index is 11.8. The summed E-state index contributed by atoms with van der Waals surface area (Å²) in [5.41, 5.74) is 2.19. The van der Waals surface area contributed by atoms with Crippen LogP contribution < -0.4 is 0 Å². The van der Waals surface area contributed by atoms with Crippen molar-refractivity contribution in [3.63, 3.8) is 0 Å². The normalized spacial score (nSPS) is 15.4. The number of aromatic nitrogens is 1. The van der Waals surface area contributed by atoms with Crippen molar-refractivity contribution in [2.24, 2.45) is 0 Å². The number of nitrogens with one attached hydrogen (secondary N) is 1. The van der Waals surface area contributed by atoms with Crippen molar-refractivity contribution >= 4 is 28.0 Å². The largest absolute Gasteiger partial charge is 0.361 e. The second-order valence-electron chi connectivity index (χ2n) is 3.91. The van der Waals surface area contributed by atoms with Crippen LogP contribution in [0, 0.1) is 0 Å². The van der Waals surface area contributed by atoms with Crippen molar-refractivity contribution in [3.05, 3.63) is 54.3 Å². The molecule has 0 unspecified atom stereocenters. The molecule has 0 spiro atoms. The number of hydrogen-bond acceptors (Lipinski definition) is 2. The third-order valence-electron chi connectivity index (χ3n) is 2.83. The van der Waals surface area contributed by atoms with Gasteiger partial charge in [-0.15, -0.1) is 0 Å². The summed E-state index contributed by atoms with van der Waals surface area (Å²) in [6.07, 6.45) is 5.76. The molecule has 0 aliphatic heterocycles. The Hall–Kier alpha value is -2.42. The van der Waals surface area contributed by atoms with Gasteiger partial charge in [0, 0.05) is 28.2 Å². The number of hydrogen-bond donors (Lipinski definition) is 1. The summed E-state index contributed by atoms with van der Waals surface area (Å²) in [6, 6.07) is 7.69. The Morgan fingerprint density at radius 2 is 1.82 bits per heavy atom. The van der Waals surface area contributed by atoms with E-state index >= 15 is 0 Å². The van der Waals surface area contributed by atoms with E-state index in [1.807, 2.05) is 24.3 Å². The van der Waals surface area contributed by atoms with E-state index in [0.717, 1.165) is 16.5 Å². The molecule has 82 valence electrons. The number of allylic oxidation sites excluding steroid dienone is 4. The Labute approximate surface area is 97.4 Å². The highest BCUT2D eigenvalue weighted by molar-refractivity contribution is 6.35. The van der Waals surface area contributed by atoms with Crippen LogP contribution in [0.25, 0.3) is 16.5 Å². The summed E-state index contributed by atoms with van der Waals surface area (Å²) < 4.78 is 0. The molecule has 3 rings (SSSR count). The molecule has 1 aliphatic rings. The fraction of sp³-hybridized carbons (Fsp3) is 0. The van der Waals surface area contributed by atoms with Gasteiger partial charge in [0.2, 0.25) is 0 Å². The predicted molar refractivity (Wildman–Crippen MR) is 65.4 cm³/mol. The number of aromatic amines is 1. The third-order valence-corrected chi connectivity index (χ3v) is 2.83. The average molecular weight is 223 g/mol. The van der Waals surface area contributed by atoms with Crippen molar-refractivity contribution in [2.75, 3.05) is 0 Å². The number of H-pyrrole nitrogens is 1. The maximum atomic E-state index is 11.8. The second-order valence-corrected chi connectivity index (χ2v) is 3.91. The first-order valence-electron chi connectivity index (χ1n) is 5.30. The predicted octanol–water partition coefficient (Wildman–Crippen LogP) is 2.26. The second kappa shape index (κ2) is 3.56. The molecule has 0 saturated carbocycles. The Balaban J connectivity index is 2.22. The van der Waals surface area contributed by atoms with E-state index in [9.17, 15) is 9.59 Å². The molecule has 1 aliphatic carbocycles. The number of fused-ring (bicyclic) bond motifs is 1. The monoisotopic (exact) mass is 223 g/mol. The summed E-state index contributed by atoms with van der Waals surface area (Å²) in [4.78, 5) is 26.2. The summed E-state index contributed by atoms with van der Waals surface area (Å²) in [7, 11) is 0. The number of ketones is 2. The molecule has 17 heavy (non-hydrogen) atoms. The van der Waals surface area contributed by atoms with Crippen molar-refractivity contribution in [1.29, 1.82) is 0 Å². The van der Waals surface area contributed by atoms with Gasteiger partial charge in [0.25, 0.3) is 0 Å². The molecule has 0 bridgehead atoms. The highest BCUT2D eigenvalue weighted by Crippen LogP contribution is 2.27. The summed E-state index contributed by atoms with van der Waals surface area (Å²) >= 11 is 0. The molecule has 1 aromatic heterocycles. The molecule has 0 fully saturated rings.